The maximum atomic E-state index is 13.1. The number of hydrogen-bond donors (Lipinski definition) is 0. The molecule has 2 rings (SSSR count). The first-order valence-corrected chi connectivity index (χ1v) is 9.47. The molecule has 0 aliphatic heterocycles. The number of aryl methyl sites for hydroxylation is 1. The second kappa shape index (κ2) is 8.50. The van der Waals surface area contributed by atoms with Crippen LogP contribution in [0.1, 0.15) is 98.0 Å². The number of hydrogen-bond acceptors (Lipinski definition) is 3. The Morgan fingerprint density at radius 3 is 2.58 bits per heavy atom. The van der Waals surface area contributed by atoms with E-state index in [2.05, 4.69) is 20.8 Å². The average molecular weight is 333 g/mol. The van der Waals surface area contributed by atoms with Crippen LogP contribution in [0.5, 0.6) is 0 Å². The van der Waals surface area contributed by atoms with E-state index in [4.69, 9.17) is 4.42 Å². The van der Waals surface area contributed by atoms with E-state index in [0.717, 1.165) is 57.1 Å². The molecule has 24 heavy (non-hydrogen) atoms. The van der Waals surface area contributed by atoms with Gasteiger partial charge < -0.3 is 9.32 Å². The monoisotopic (exact) mass is 333 g/mol. The Balaban J connectivity index is 2.26. The number of unbranched alkanes of at least 4 members (excludes halogenated alkanes) is 2. The van der Waals surface area contributed by atoms with Crippen molar-refractivity contribution in [1.29, 1.82) is 0 Å². The smallest absolute Gasteiger partial charge is 0.290 e. The Morgan fingerprint density at radius 2 is 1.96 bits per heavy atom. The highest BCUT2D eigenvalue weighted by molar-refractivity contribution is 6.03. The molecule has 134 valence electrons. The third-order valence-electron chi connectivity index (χ3n) is 5.00. The van der Waals surface area contributed by atoms with Gasteiger partial charge in [0.25, 0.3) is 5.91 Å². The van der Waals surface area contributed by atoms with E-state index in [1.54, 1.807) is 0 Å². The Morgan fingerprint density at radius 1 is 1.21 bits per heavy atom. The minimum absolute atomic E-state index is 0.0493. The number of Topliss-reactive ketones (excluding diaryl/α,β-unsaturated/α-hetero) is 1. The predicted octanol–water partition coefficient (Wildman–Crippen LogP) is 4.93. The molecule has 1 atom stereocenters. The Bertz CT molecular complexity index is 588. The fraction of sp³-hybridized carbons (Fsp3) is 0.700. The number of nitrogens with zero attached hydrogens (tertiary/aromatic N) is 1. The van der Waals surface area contributed by atoms with E-state index < -0.39 is 0 Å². The number of carbonyl (C=O) groups excluding carboxylic acids is 2. The van der Waals surface area contributed by atoms with Crippen molar-refractivity contribution in [2.75, 3.05) is 6.54 Å². The molecule has 0 fully saturated rings. The van der Waals surface area contributed by atoms with Crippen LogP contribution < -0.4 is 0 Å². The van der Waals surface area contributed by atoms with Crippen LogP contribution in [0, 0.1) is 6.92 Å². The molecule has 4 nitrogen and oxygen atoms in total. The van der Waals surface area contributed by atoms with Crippen LogP contribution in [0.2, 0.25) is 0 Å². The molecule has 0 radical (unpaired) electrons. The van der Waals surface area contributed by atoms with Crippen molar-refractivity contribution in [3.8, 4) is 0 Å². The van der Waals surface area contributed by atoms with Crippen LogP contribution in [-0.4, -0.2) is 29.2 Å². The zero-order valence-electron chi connectivity index (χ0n) is 15.6. The van der Waals surface area contributed by atoms with Crippen LogP contribution >= 0.6 is 0 Å². The van der Waals surface area contributed by atoms with Gasteiger partial charge in [-0.15, -0.1) is 0 Å². The number of amides is 1. The first-order valence-electron chi connectivity index (χ1n) is 9.47. The molecule has 0 bridgehead atoms. The van der Waals surface area contributed by atoms with Crippen LogP contribution in [0.15, 0.2) is 4.42 Å². The van der Waals surface area contributed by atoms with E-state index in [9.17, 15) is 9.59 Å². The zero-order chi connectivity index (χ0) is 17.7. The van der Waals surface area contributed by atoms with Gasteiger partial charge in [0.05, 0.1) is 5.56 Å². The van der Waals surface area contributed by atoms with E-state index >= 15 is 0 Å². The highest BCUT2D eigenvalue weighted by atomic mass is 16.4. The quantitative estimate of drug-likeness (QED) is 0.634. The van der Waals surface area contributed by atoms with Crippen molar-refractivity contribution in [2.24, 2.45) is 0 Å². The van der Waals surface area contributed by atoms with Crippen LogP contribution in [0.3, 0.4) is 0 Å². The first kappa shape index (κ1) is 18.8. The third kappa shape index (κ3) is 3.90. The summed E-state index contributed by atoms with van der Waals surface area (Å²) in [5, 5.41) is 0. The second-order valence-electron chi connectivity index (χ2n) is 6.97. The lowest BCUT2D eigenvalue weighted by Crippen LogP contribution is -2.39. The molecule has 1 aliphatic carbocycles. The highest BCUT2D eigenvalue weighted by Gasteiger charge is 2.31. The Labute approximate surface area is 145 Å². The molecule has 1 aromatic rings. The molecule has 0 spiro atoms. The van der Waals surface area contributed by atoms with Gasteiger partial charge in [0.2, 0.25) is 0 Å². The van der Waals surface area contributed by atoms with E-state index in [1.165, 1.54) is 0 Å². The summed E-state index contributed by atoms with van der Waals surface area (Å²) in [6.45, 7) is 9.02. The summed E-state index contributed by atoms with van der Waals surface area (Å²) < 4.78 is 5.87. The average Bonchev–Trinajstić information content (AvgIpc) is 2.89. The van der Waals surface area contributed by atoms with Gasteiger partial charge in [-0.1, -0.05) is 33.1 Å². The van der Waals surface area contributed by atoms with Crippen LogP contribution in [0.25, 0.3) is 0 Å². The summed E-state index contributed by atoms with van der Waals surface area (Å²) in [5.74, 6) is 1.17. The van der Waals surface area contributed by atoms with Crippen molar-refractivity contribution in [1.82, 2.24) is 4.90 Å². The maximum Gasteiger partial charge on any atom is 0.290 e. The van der Waals surface area contributed by atoms with Crippen molar-refractivity contribution in [2.45, 2.75) is 85.1 Å². The van der Waals surface area contributed by atoms with Crippen molar-refractivity contribution >= 4 is 11.7 Å². The fourth-order valence-corrected chi connectivity index (χ4v) is 3.61. The molecule has 1 aliphatic rings. The van der Waals surface area contributed by atoms with Gasteiger partial charge in [-0.3, -0.25) is 9.59 Å². The lowest BCUT2D eigenvalue weighted by Gasteiger charge is -2.28. The van der Waals surface area contributed by atoms with Crippen molar-refractivity contribution in [3.63, 3.8) is 0 Å². The summed E-state index contributed by atoms with van der Waals surface area (Å²) >= 11 is 0. The second-order valence-corrected chi connectivity index (χ2v) is 6.97. The number of carbonyl (C=O) groups is 2. The zero-order valence-corrected chi connectivity index (χ0v) is 15.6. The highest BCUT2D eigenvalue weighted by Crippen LogP contribution is 2.30. The van der Waals surface area contributed by atoms with Gasteiger partial charge in [0, 0.05) is 31.0 Å². The van der Waals surface area contributed by atoms with E-state index in [1.807, 2.05) is 11.8 Å². The number of furan rings is 1. The summed E-state index contributed by atoms with van der Waals surface area (Å²) in [6, 6.07) is 0.191. The van der Waals surface area contributed by atoms with Crippen molar-refractivity contribution in [3.05, 3.63) is 22.6 Å². The standard InChI is InChI=1S/C20H31NO3/c1-5-7-8-13-21(14(3)10-6-2)20(23)19-15(4)18-16(22)11-9-12-17(18)24-19/h14H,5-13H2,1-4H3. The summed E-state index contributed by atoms with van der Waals surface area (Å²) in [4.78, 5) is 27.2. The molecule has 0 aromatic carbocycles. The lowest BCUT2D eigenvalue weighted by atomic mass is 9.94. The molecule has 1 aromatic heterocycles. The van der Waals surface area contributed by atoms with Crippen molar-refractivity contribution < 1.29 is 14.0 Å². The SMILES string of the molecule is CCCCCN(C(=O)c1oc2c(c1C)C(=O)CCC2)C(C)CCC. The van der Waals surface area contributed by atoms with Gasteiger partial charge in [-0.2, -0.15) is 0 Å². The Hall–Kier alpha value is -1.58. The van der Waals surface area contributed by atoms with E-state index in [0.29, 0.717) is 23.5 Å². The lowest BCUT2D eigenvalue weighted by molar-refractivity contribution is 0.0643. The fourth-order valence-electron chi connectivity index (χ4n) is 3.61. The third-order valence-corrected chi connectivity index (χ3v) is 5.00. The maximum absolute atomic E-state index is 13.1. The molecular formula is C20H31NO3. The van der Waals surface area contributed by atoms with Crippen LogP contribution in [-0.2, 0) is 6.42 Å². The van der Waals surface area contributed by atoms with E-state index in [-0.39, 0.29) is 17.7 Å². The van der Waals surface area contributed by atoms with Gasteiger partial charge in [0.1, 0.15) is 5.76 Å². The molecule has 4 heteroatoms. The molecule has 1 amide bonds. The minimum Gasteiger partial charge on any atom is -0.455 e. The number of rotatable bonds is 8. The Kier molecular flexibility index (Phi) is 6.64. The largest absolute Gasteiger partial charge is 0.455 e. The molecule has 1 heterocycles. The molecule has 1 unspecified atom stereocenters. The molecular weight excluding hydrogens is 302 g/mol. The molecule has 0 N–H and O–H groups in total. The van der Waals surface area contributed by atoms with Crippen LogP contribution in [0.4, 0.5) is 0 Å². The predicted molar refractivity (Wildman–Crippen MR) is 95.6 cm³/mol. The summed E-state index contributed by atoms with van der Waals surface area (Å²) in [6.07, 6.45) is 7.43. The molecule has 0 saturated carbocycles. The van der Waals surface area contributed by atoms with Gasteiger partial charge in [-0.25, -0.2) is 0 Å². The number of fused-ring (bicyclic) bond motifs is 1. The minimum atomic E-state index is -0.0493. The normalized spacial score (nSPS) is 15.2. The summed E-state index contributed by atoms with van der Waals surface area (Å²) in [7, 11) is 0. The number of ketones is 1. The van der Waals surface area contributed by atoms with Gasteiger partial charge in [-0.05, 0) is 33.1 Å². The van der Waals surface area contributed by atoms with Gasteiger partial charge in [0.15, 0.2) is 11.5 Å². The molecule has 0 saturated heterocycles. The summed E-state index contributed by atoms with van der Waals surface area (Å²) in [5.41, 5.74) is 1.41. The van der Waals surface area contributed by atoms with Gasteiger partial charge >= 0.3 is 0 Å². The topological polar surface area (TPSA) is 50.5 Å². The first-order chi connectivity index (χ1) is 11.5.